The van der Waals surface area contributed by atoms with E-state index in [1.54, 1.807) is 30.6 Å². The number of aromatic nitrogens is 3. The molecule has 2 atom stereocenters. The second-order valence-corrected chi connectivity index (χ2v) is 11.5. The van der Waals surface area contributed by atoms with Crippen molar-refractivity contribution in [3.05, 3.63) is 34.7 Å². The van der Waals surface area contributed by atoms with Crippen molar-refractivity contribution in [2.45, 2.75) is 57.5 Å². The van der Waals surface area contributed by atoms with E-state index in [0.717, 1.165) is 0 Å². The highest BCUT2D eigenvalue weighted by Gasteiger charge is 2.45. The molecule has 10 nitrogen and oxygen atoms in total. The molecule has 1 amide bonds. The number of nitrogens with two attached hydrogens (primary N) is 1. The molecule has 0 radical (unpaired) electrons. The monoisotopic (exact) mass is 607 g/mol. The smallest absolute Gasteiger partial charge is 0.422 e. The van der Waals surface area contributed by atoms with E-state index in [4.69, 9.17) is 26.8 Å². The van der Waals surface area contributed by atoms with Gasteiger partial charge in [0, 0.05) is 30.5 Å². The van der Waals surface area contributed by atoms with Gasteiger partial charge in [0.1, 0.15) is 28.7 Å². The van der Waals surface area contributed by atoms with Gasteiger partial charge < -0.3 is 20.1 Å². The molecule has 42 heavy (non-hydrogen) atoms. The van der Waals surface area contributed by atoms with Gasteiger partial charge in [0.15, 0.2) is 12.4 Å². The lowest BCUT2D eigenvalue weighted by atomic mass is 10.0. The van der Waals surface area contributed by atoms with Gasteiger partial charge in [-0.3, -0.25) is 9.88 Å². The van der Waals surface area contributed by atoms with Gasteiger partial charge in [-0.15, -0.1) is 0 Å². The van der Waals surface area contributed by atoms with Gasteiger partial charge in [0.2, 0.25) is 0 Å². The minimum absolute atomic E-state index is 0.0103. The third-order valence-corrected chi connectivity index (χ3v) is 7.17. The first-order valence-electron chi connectivity index (χ1n) is 13.0. The zero-order valence-electron chi connectivity index (χ0n) is 22.8. The third-order valence-electron chi connectivity index (χ3n) is 6.87. The number of hydrogen-bond acceptors (Lipinski definition) is 9. The molecule has 0 saturated carbocycles. The standard InChI is InChI=1S/C27H26ClF4N7O3/c1-26(2,3)42-25(40)39-14-4-5-15(39)11-38(10-14)23-18-9-35-21(16-6-13(34)7-19(28)17(16)8-33)20(29)22(18)36-24(37-23)41-12-27(30,31)32/h6-7,9,14-15H,4-5,10-12,34H2,1-3H3. The Morgan fingerprint density at radius 3 is 2.45 bits per heavy atom. The lowest BCUT2D eigenvalue weighted by Gasteiger charge is -2.42. The number of nitriles is 1. The van der Waals surface area contributed by atoms with Crippen molar-refractivity contribution >= 4 is 40.1 Å². The molecule has 15 heteroatoms. The van der Waals surface area contributed by atoms with Crippen molar-refractivity contribution in [2.24, 2.45) is 0 Å². The molecule has 2 bridgehead atoms. The van der Waals surface area contributed by atoms with Crippen LogP contribution in [0.1, 0.15) is 39.2 Å². The van der Waals surface area contributed by atoms with Gasteiger partial charge in [0.05, 0.1) is 28.1 Å². The summed E-state index contributed by atoms with van der Waals surface area (Å²) in [5, 5.41) is 9.70. The van der Waals surface area contributed by atoms with Crippen LogP contribution in [0.3, 0.4) is 0 Å². The Morgan fingerprint density at radius 1 is 1.19 bits per heavy atom. The van der Waals surface area contributed by atoms with E-state index >= 15 is 4.39 Å². The molecule has 0 aliphatic carbocycles. The lowest BCUT2D eigenvalue weighted by Crippen LogP contribution is -2.57. The van der Waals surface area contributed by atoms with E-state index in [2.05, 4.69) is 15.0 Å². The van der Waals surface area contributed by atoms with Gasteiger partial charge in [0.25, 0.3) is 0 Å². The fraction of sp³-hybridized carbons (Fsp3) is 0.444. The number of carbonyl (C=O) groups excluding carboxylic acids is 1. The summed E-state index contributed by atoms with van der Waals surface area (Å²) in [4.78, 5) is 28.7. The molecule has 4 heterocycles. The van der Waals surface area contributed by atoms with Crippen LogP contribution in [0, 0.1) is 17.1 Å². The van der Waals surface area contributed by atoms with E-state index in [9.17, 15) is 23.2 Å². The Hall–Kier alpha value is -4.12. The lowest BCUT2D eigenvalue weighted by molar-refractivity contribution is -0.154. The predicted molar refractivity (Wildman–Crippen MR) is 146 cm³/mol. The average molecular weight is 608 g/mol. The Morgan fingerprint density at radius 2 is 1.86 bits per heavy atom. The van der Waals surface area contributed by atoms with Crippen LogP contribution in [-0.4, -0.2) is 69.5 Å². The third kappa shape index (κ3) is 5.78. The maximum absolute atomic E-state index is 16.1. The van der Waals surface area contributed by atoms with Crippen molar-refractivity contribution in [2.75, 3.05) is 30.3 Å². The molecule has 2 aliphatic heterocycles. The number of amides is 1. The number of nitrogens with zero attached hydrogens (tertiary/aromatic N) is 6. The second-order valence-electron chi connectivity index (χ2n) is 11.1. The number of hydrogen-bond donors (Lipinski definition) is 1. The topological polar surface area (TPSA) is 130 Å². The second kappa shape index (κ2) is 10.6. The molecular weight excluding hydrogens is 582 g/mol. The van der Waals surface area contributed by atoms with Crippen LogP contribution < -0.4 is 15.4 Å². The number of anilines is 2. The van der Waals surface area contributed by atoms with Crippen LogP contribution in [0.5, 0.6) is 6.01 Å². The van der Waals surface area contributed by atoms with E-state index in [1.807, 2.05) is 6.07 Å². The van der Waals surface area contributed by atoms with Gasteiger partial charge in [-0.1, -0.05) is 11.6 Å². The van der Waals surface area contributed by atoms with Crippen LogP contribution in [0.25, 0.3) is 22.2 Å². The first-order valence-corrected chi connectivity index (χ1v) is 13.3. The maximum atomic E-state index is 16.1. The summed E-state index contributed by atoms with van der Waals surface area (Å²) >= 11 is 6.15. The molecular formula is C27H26ClF4N7O3. The summed E-state index contributed by atoms with van der Waals surface area (Å²) in [5.74, 6) is -0.927. The summed E-state index contributed by atoms with van der Waals surface area (Å²) in [6, 6.07) is 3.30. The molecule has 2 saturated heterocycles. The van der Waals surface area contributed by atoms with Crippen molar-refractivity contribution in [3.63, 3.8) is 0 Å². The van der Waals surface area contributed by atoms with E-state index in [1.165, 1.54) is 18.3 Å². The molecule has 0 spiro atoms. The Kier molecular flexibility index (Phi) is 7.42. The number of halogens is 5. The number of alkyl halides is 3. The summed E-state index contributed by atoms with van der Waals surface area (Å²) in [5.41, 5.74) is 4.53. The molecule has 2 fully saturated rings. The van der Waals surface area contributed by atoms with Crippen LogP contribution in [0.4, 0.5) is 33.9 Å². The van der Waals surface area contributed by atoms with Crippen molar-refractivity contribution in [1.29, 1.82) is 5.26 Å². The quantitative estimate of drug-likeness (QED) is 0.303. The average Bonchev–Trinajstić information content (AvgIpc) is 3.15. The number of benzene rings is 1. The molecule has 5 rings (SSSR count). The highest BCUT2D eigenvalue weighted by molar-refractivity contribution is 6.32. The minimum atomic E-state index is -4.70. The highest BCUT2D eigenvalue weighted by atomic mass is 35.5. The van der Waals surface area contributed by atoms with Crippen LogP contribution in [-0.2, 0) is 4.74 Å². The molecule has 3 aromatic rings. The maximum Gasteiger partial charge on any atom is 0.422 e. The number of rotatable bonds is 4. The SMILES string of the molecule is CC(C)(C)OC(=O)N1C2CCC1CN(c1nc(OCC(F)(F)F)nc3c(F)c(-c4cc(N)cc(Cl)c4C#N)ncc13)C2. The van der Waals surface area contributed by atoms with Crippen LogP contribution in [0.2, 0.25) is 5.02 Å². The van der Waals surface area contributed by atoms with E-state index in [0.29, 0.717) is 12.8 Å². The number of carbonyl (C=O) groups is 1. The van der Waals surface area contributed by atoms with Crippen molar-refractivity contribution < 1.29 is 31.8 Å². The molecule has 2 unspecified atom stereocenters. The van der Waals surface area contributed by atoms with Crippen LogP contribution >= 0.6 is 11.6 Å². The molecule has 1 aromatic carbocycles. The van der Waals surface area contributed by atoms with E-state index in [-0.39, 0.29) is 69.4 Å². The molecule has 222 valence electrons. The Balaban J connectivity index is 1.59. The fourth-order valence-electron chi connectivity index (χ4n) is 5.28. The largest absolute Gasteiger partial charge is 0.454 e. The van der Waals surface area contributed by atoms with Gasteiger partial charge in [-0.2, -0.15) is 28.4 Å². The summed E-state index contributed by atoms with van der Waals surface area (Å²) in [6.45, 7) is 4.13. The zero-order valence-corrected chi connectivity index (χ0v) is 23.6. The first-order chi connectivity index (χ1) is 19.6. The van der Waals surface area contributed by atoms with Gasteiger partial charge in [-0.05, 0) is 45.7 Å². The number of piperazine rings is 1. The Bertz CT molecular complexity index is 1590. The highest BCUT2D eigenvalue weighted by Crippen LogP contribution is 2.39. The summed E-state index contributed by atoms with van der Waals surface area (Å²) in [7, 11) is 0. The molecule has 2 aliphatic rings. The normalized spacial score (nSPS) is 18.7. The first kappa shape index (κ1) is 29.4. The number of fused-ring (bicyclic) bond motifs is 3. The number of nitrogen functional groups attached to an aromatic ring is 1. The van der Waals surface area contributed by atoms with Crippen LogP contribution in [0.15, 0.2) is 18.3 Å². The zero-order chi connectivity index (χ0) is 30.6. The fourth-order valence-corrected chi connectivity index (χ4v) is 5.55. The van der Waals surface area contributed by atoms with Crippen molar-refractivity contribution in [1.82, 2.24) is 19.9 Å². The van der Waals surface area contributed by atoms with Crippen molar-refractivity contribution in [3.8, 4) is 23.3 Å². The number of pyridine rings is 1. The van der Waals surface area contributed by atoms with Gasteiger partial charge >= 0.3 is 18.3 Å². The summed E-state index contributed by atoms with van der Waals surface area (Å²) < 4.78 is 65.5. The number of ether oxygens (including phenoxy) is 2. The summed E-state index contributed by atoms with van der Waals surface area (Å²) in [6.07, 6.45) is -2.53. The molecule has 2 N–H and O–H groups in total. The predicted octanol–water partition coefficient (Wildman–Crippen LogP) is 5.47. The van der Waals surface area contributed by atoms with E-state index < -0.39 is 36.3 Å². The van der Waals surface area contributed by atoms with Gasteiger partial charge in [-0.25, -0.2) is 9.18 Å². The Labute approximate surface area is 243 Å². The molecule has 2 aromatic heterocycles. The minimum Gasteiger partial charge on any atom is -0.454 e.